The summed E-state index contributed by atoms with van der Waals surface area (Å²) in [7, 11) is 0. The summed E-state index contributed by atoms with van der Waals surface area (Å²) >= 11 is 7.69. The first-order valence-corrected chi connectivity index (χ1v) is 11.1. The number of amides is 1. The molecule has 0 bridgehead atoms. The number of carbonyl (C=O) groups is 1. The number of thioether (sulfide) groups is 1. The summed E-state index contributed by atoms with van der Waals surface area (Å²) < 4.78 is 19.4. The van der Waals surface area contributed by atoms with E-state index in [9.17, 15) is 9.18 Å². The lowest BCUT2D eigenvalue weighted by Crippen LogP contribution is -2.21. The van der Waals surface area contributed by atoms with Crippen LogP contribution in [0.5, 0.6) is 5.75 Å². The van der Waals surface area contributed by atoms with E-state index in [1.54, 1.807) is 36.0 Å². The van der Waals surface area contributed by atoms with Crippen molar-refractivity contribution in [1.29, 1.82) is 0 Å². The van der Waals surface area contributed by atoms with E-state index in [0.717, 1.165) is 33.1 Å². The van der Waals surface area contributed by atoms with Gasteiger partial charge in [0.05, 0.1) is 5.71 Å². The Bertz CT molecular complexity index is 1150. The van der Waals surface area contributed by atoms with Gasteiger partial charge in [0.25, 0.3) is 5.91 Å². The van der Waals surface area contributed by atoms with Gasteiger partial charge in [-0.1, -0.05) is 23.7 Å². The largest absolute Gasteiger partial charge is 0.489 e. The third kappa shape index (κ3) is 5.27. The maximum absolute atomic E-state index is 13.6. The molecule has 0 aromatic heterocycles. The quantitative estimate of drug-likeness (QED) is 0.481. The lowest BCUT2D eigenvalue weighted by Gasteiger charge is -2.17. The highest BCUT2D eigenvalue weighted by Crippen LogP contribution is 2.30. The first-order chi connectivity index (χ1) is 15.0. The van der Waals surface area contributed by atoms with E-state index < -0.39 is 0 Å². The molecule has 0 spiro atoms. The van der Waals surface area contributed by atoms with Crippen molar-refractivity contribution in [1.82, 2.24) is 5.43 Å². The molecule has 1 aliphatic rings. The number of ether oxygens (including phenoxy) is 1. The van der Waals surface area contributed by atoms with Crippen LogP contribution in [0.25, 0.3) is 0 Å². The Morgan fingerprint density at radius 2 is 1.97 bits per heavy atom. The zero-order chi connectivity index (χ0) is 21.8. The third-order valence-electron chi connectivity index (χ3n) is 4.89. The molecule has 1 aliphatic heterocycles. The zero-order valence-corrected chi connectivity index (χ0v) is 18.4. The number of nitrogens with zero attached hydrogens (tertiary/aromatic N) is 1. The van der Waals surface area contributed by atoms with Crippen LogP contribution < -0.4 is 10.2 Å². The Kier molecular flexibility index (Phi) is 6.59. The van der Waals surface area contributed by atoms with Gasteiger partial charge in [0.2, 0.25) is 0 Å². The SMILES string of the molecule is Cc1cc(OCc2ccc(C(=O)N/N=C3\CCSc4ccc(F)cc43)cc2)ccc1Cl. The van der Waals surface area contributed by atoms with Gasteiger partial charge in [0.1, 0.15) is 18.2 Å². The average Bonchev–Trinajstić information content (AvgIpc) is 2.78. The number of benzene rings is 3. The molecular weight excluding hydrogens is 435 g/mol. The topological polar surface area (TPSA) is 50.7 Å². The second kappa shape index (κ2) is 9.54. The molecule has 0 saturated carbocycles. The first-order valence-electron chi connectivity index (χ1n) is 9.77. The van der Waals surface area contributed by atoms with Gasteiger partial charge in [-0.25, -0.2) is 9.82 Å². The molecular formula is C24H20ClFN2O2S. The molecule has 3 aromatic carbocycles. The van der Waals surface area contributed by atoms with Crippen LogP contribution in [0.3, 0.4) is 0 Å². The minimum atomic E-state index is -0.315. The Morgan fingerprint density at radius 3 is 2.74 bits per heavy atom. The molecule has 4 nitrogen and oxygen atoms in total. The predicted molar refractivity (Wildman–Crippen MR) is 123 cm³/mol. The first kappa shape index (κ1) is 21.4. The summed E-state index contributed by atoms with van der Waals surface area (Å²) in [5.41, 5.74) is 6.39. The Morgan fingerprint density at radius 1 is 1.16 bits per heavy atom. The number of rotatable bonds is 5. The Hall–Kier alpha value is -2.83. The van der Waals surface area contributed by atoms with Gasteiger partial charge in [-0.2, -0.15) is 5.10 Å². The highest BCUT2D eigenvalue weighted by molar-refractivity contribution is 7.99. The molecule has 0 saturated heterocycles. The molecule has 1 N–H and O–H groups in total. The van der Waals surface area contributed by atoms with Crippen molar-refractivity contribution in [3.63, 3.8) is 0 Å². The Labute approximate surface area is 189 Å². The van der Waals surface area contributed by atoms with Crippen LogP contribution in [0.1, 0.15) is 33.5 Å². The van der Waals surface area contributed by atoms with Crippen molar-refractivity contribution in [3.8, 4) is 5.75 Å². The molecule has 3 aromatic rings. The van der Waals surface area contributed by atoms with Crippen LogP contribution in [0.2, 0.25) is 5.02 Å². The maximum Gasteiger partial charge on any atom is 0.271 e. The minimum Gasteiger partial charge on any atom is -0.489 e. The summed E-state index contributed by atoms with van der Waals surface area (Å²) in [6.07, 6.45) is 0.669. The number of hydrazone groups is 1. The molecule has 1 heterocycles. The van der Waals surface area contributed by atoms with Crippen molar-refractivity contribution in [2.75, 3.05) is 5.75 Å². The summed E-state index contributed by atoms with van der Waals surface area (Å²) in [5, 5.41) is 4.96. The van der Waals surface area contributed by atoms with E-state index in [1.165, 1.54) is 12.1 Å². The van der Waals surface area contributed by atoms with Crippen molar-refractivity contribution in [2.45, 2.75) is 24.8 Å². The van der Waals surface area contributed by atoms with E-state index in [4.69, 9.17) is 16.3 Å². The highest BCUT2D eigenvalue weighted by atomic mass is 35.5. The smallest absolute Gasteiger partial charge is 0.271 e. The minimum absolute atomic E-state index is 0.313. The maximum atomic E-state index is 13.6. The van der Waals surface area contributed by atoms with Crippen LogP contribution in [-0.4, -0.2) is 17.4 Å². The Balaban J connectivity index is 1.38. The van der Waals surface area contributed by atoms with E-state index in [-0.39, 0.29) is 11.7 Å². The summed E-state index contributed by atoms with van der Waals surface area (Å²) in [6, 6.07) is 17.3. The predicted octanol–water partition coefficient (Wildman–Crippen LogP) is 6.00. The molecule has 7 heteroatoms. The van der Waals surface area contributed by atoms with Crippen molar-refractivity contribution < 1.29 is 13.9 Å². The zero-order valence-electron chi connectivity index (χ0n) is 16.8. The molecule has 0 radical (unpaired) electrons. The fraction of sp³-hybridized carbons (Fsp3) is 0.167. The molecule has 1 amide bonds. The standard InChI is InChI=1S/C24H20ClFN2O2S/c1-15-12-19(7-8-21(15)25)30-14-16-2-4-17(5-3-16)24(29)28-27-22-10-11-31-23-9-6-18(26)13-20(22)23/h2-9,12-13H,10-11,14H2,1H3,(H,28,29)/b27-22+. The molecule has 0 aliphatic carbocycles. The lowest BCUT2D eigenvalue weighted by atomic mass is 10.1. The fourth-order valence-corrected chi connectivity index (χ4v) is 4.30. The highest BCUT2D eigenvalue weighted by Gasteiger charge is 2.17. The molecule has 0 atom stereocenters. The van der Waals surface area contributed by atoms with Gasteiger partial charge in [-0.05, 0) is 66.6 Å². The van der Waals surface area contributed by atoms with Gasteiger partial charge < -0.3 is 4.74 Å². The van der Waals surface area contributed by atoms with Gasteiger partial charge in [0.15, 0.2) is 0 Å². The van der Waals surface area contributed by atoms with E-state index >= 15 is 0 Å². The third-order valence-corrected chi connectivity index (χ3v) is 6.39. The molecule has 31 heavy (non-hydrogen) atoms. The van der Waals surface area contributed by atoms with Gasteiger partial charge >= 0.3 is 0 Å². The van der Waals surface area contributed by atoms with Gasteiger partial charge in [-0.15, -0.1) is 11.8 Å². The van der Waals surface area contributed by atoms with Gasteiger partial charge in [-0.3, -0.25) is 4.79 Å². The molecule has 0 fully saturated rings. The number of hydrogen-bond acceptors (Lipinski definition) is 4. The second-order valence-electron chi connectivity index (χ2n) is 7.13. The van der Waals surface area contributed by atoms with Crippen LogP contribution in [0.15, 0.2) is 70.7 Å². The molecule has 0 unspecified atom stereocenters. The number of carbonyl (C=O) groups excluding carboxylic acids is 1. The lowest BCUT2D eigenvalue weighted by molar-refractivity contribution is 0.0954. The average molecular weight is 455 g/mol. The summed E-state index contributed by atoms with van der Waals surface area (Å²) in [6.45, 7) is 2.30. The van der Waals surface area contributed by atoms with Crippen LogP contribution >= 0.6 is 23.4 Å². The second-order valence-corrected chi connectivity index (χ2v) is 8.68. The number of fused-ring (bicyclic) bond motifs is 1. The van der Waals surface area contributed by atoms with E-state index in [1.807, 2.05) is 31.2 Å². The van der Waals surface area contributed by atoms with E-state index in [2.05, 4.69) is 10.5 Å². The van der Waals surface area contributed by atoms with E-state index in [0.29, 0.717) is 29.3 Å². The monoisotopic (exact) mass is 454 g/mol. The normalized spacial score (nSPS) is 14.2. The van der Waals surface area contributed by atoms with Crippen LogP contribution in [-0.2, 0) is 6.61 Å². The van der Waals surface area contributed by atoms with Crippen LogP contribution in [0.4, 0.5) is 4.39 Å². The van der Waals surface area contributed by atoms with Crippen molar-refractivity contribution >= 4 is 35.0 Å². The van der Waals surface area contributed by atoms with Crippen molar-refractivity contribution in [2.24, 2.45) is 5.10 Å². The molecule has 4 rings (SSSR count). The number of aryl methyl sites for hydroxylation is 1. The van der Waals surface area contributed by atoms with Crippen LogP contribution in [0, 0.1) is 12.7 Å². The van der Waals surface area contributed by atoms with Crippen molar-refractivity contribution in [3.05, 3.63) is 93.8 Å². The summed E-state index contributed by atoms with van der Waals surface area (Å²) in [5.74, 6) is 0.952. The fourth-order valence-electron chi connectivity index (χ4n) is 3.17. The van der Waals surface area contributed by atoms with Gasteiger partial charge in [0, 0.05) is 33.2 Å². The number of hydrogen-bond donors (Lipinski definition) is 1. The summed E-state index contributed by atoms with van der Waals surface area (Å²) in [4.78, 5) is 13.5. The number of halogens is 2. The number of nitrogens with one attached hydrogen (secondary N) is 1. The molecule has 158 valence electrons.